The first-order valence-corrected chi connectivity index (χ1v) is 12.4. The predicted octanol–water partition coefficient (Wildman–Crippen LogP) is 7.76. The fraction of sp³-hybridized carbons (Fsp3) is 0.167. The number of anilines is 3. The molecule has 0 radical (unpaired) electrons. The van der Waals surface area contributed by atoms with Crippen LogP contribution in [0.5, 0.6) is 0 Å². The van der Waals surface area contributed by atoms with E-state index >= 15 is 0 Å². The predicted molar refractivity (Wildman–Crippen MR) is 139 cm³/mol. The summed E-state index contributed by atoms with van der Waals surface area (Å²) in [6.07, 6.45) is -4.65. The minimum absolute atomic E-state index is 0.0566. The molecule has 0 spiro atoms. The summed E-state index contributed by atoms with van der Waals surface area (Å²) in [6, 6.07) is 9.10. The Hall–Kier alpha value is -2.60. The number of benzene rings is 3. The summed E-state index contributed by atoms with van der Waals surface area (Å²) in [5, 5.41) is 4.67. The van der Waals surface area contributed by atoms with Gasteiger partial charge < -0.3 is 16.4 Å². The quantitative estimate of drug-likeness (QED) is 0.149. The SMILES string of the molecule is Nc1c(F)ccc(NC(=O)c2cc(NC(=O)[C@H]3[C@H](c4ccc(Br)c(C(F)(F)F)c4)C3(Cl)Cl)ccc2Cl)c1F. The average molecular weight is 658 g/mol. The van der Waals surface area contributed by atoms with Crippen LogP contribution in [0.25, 0.3) is 0 Å². The molecule has 0 aromatic heterocycles. The van der Waals surface area contributed by atoms with Gasteiger partial charge in [0, 0.05) is 16.1 Å². The Labute approximate surface area is 235 Å². The minimum Gasteiger partial charge on any atom is -0.394 e. The van der Waals surface area contributed by atoms with Crippen LogP contribution in [0, 0.1) is 17.6 Å². The molecule has 3 aromatic carbocycles. The van der Waals surface area contributed by atoms with Gasteiger partial charge in [0.05, 0.1) is 27.8 Å². The van der Waals surface area contributed by atoms with Gasteiger partial charge >= 0.3 is 6.18 Å². The molecule has 0 saturated heterocycles. The van der Waals surface area contributed by atoms with E-state index < -0.39 is 62.7 Å². The van der Waals surface area contributed by atoms with E-state index in [1.54, 1.807) is 0 Å². The zero-order valence-electron chi connectivity index (χ0n) is 18.6. The summed E-state index contributed by atoms with van der Waals surface area (Å²) < 4.78 is 65.7. The third-order valence-electron chi connectivity index (χ3n) is 5.84. The van der Waals surface area contributed by atoms with Crippen LogP contribution in [-0.4, -0.2) is 16.1 Å². The van der Waals surface area contributed by atoms with E-state index in [9.17, 15) is 31.5 Å². The largest absolute Gasteiger partial charge is 0.417 e. The monoisotopic (exact) mass is 655 g/mol. The third-order valence-corrected chi connectivity index (χ3v) is 7.81. The van der Waals surface area contributed by atoms with Gasteiger partial charge in [-0.2, -0.15) is 13.2 Å². The topological polar surface area (TPSA) is 84.2 Å². The summed E-state index contributed by atoms with van der Waals surface area (Å²) in [5.41, 5.74) is 3.18. The summed E-state index contributed by atoms with van der Waals surface area (Å²) in [6.45, 7) is 0. The van der Waals surface area contributed by atoms with Crippen molar-refractivity contribution in [3.05, 3.63) is 86.4 Å². The van der Waals surface area contributed by atoms with Gasteiger partial charge in [0.1, 0.15) is 15.8 Å². The number of nitrogen functional groups attached to an aromatic ring is 1. The van der Waals surface area contributed by atoms with Crippen LogP contribution in [0.2, 0.25) is 5.02 Å². The van der Waals surface area contributed by atoms with Crippen LogP contribution in [0.1, 0.15) is 27.4 Å². The van der Waals surface area contributed by atoms with Gasteiger partial charge in [-0.1, -0.05) is 33.6 Å². The second-order valence-electron chi connectivity index (χ2n) is 8.33. The number of hydrogen-bond acceptors (Lipinski definition) is 3. The maximum atomic E-state index is 14.2. The lowest BCUT2D eigenvalue weighted by Crippen LogP contribution is -2.18. The Balaban J connectivity index is 1.53. The van der Waals surface area contributed by atoms with Crippen LogP contribution in [-0.2, 0) is 11.0 Å². The lowest BCUT2D eigenvalue weighted by Gasteiger charge is -2.12. The Morgan fingerprint density at radius 3 is 2.34 bits per heavy atom. The molecule has 1 aliphatic carbocycles. The van der Waals surface area contributed by atoms with E-state index in [-0.39, 0.29) is 26.3 Å². The maximum absolute atomic E-state index is 14.2. The van der Waals surface area contributed by atoms with E-state index in [0.29, 0.717) is 0 Å². The molecule has 3 aromatic rings. The van der Waals surface area contributed by atoms with Crippen LogP contribution in [0.4, 0.5) is 39.0 Å². The molecule has 1 saturated carbocycles. The lowest BCUT2D eigenvalue weighted by atomic mass is 10.0. The van der Waals surface area contributed by atoms with E-state index in [1.165, 1.54) is 30.3 Å². The molecule has 0 bridgehead atoms. The van der Waals surface area contributed by atoms with E-state index in [1.807, 2.05) is 0 Å². The van der Waals surface area contributed by atoms with E-state index in [4.69, 9.17) is 40.5 Å². The molecular weight excluding hydrogens is 644 g/mol. The van der Waals surface area contributed by atoms with Crippen molar-refractivity contribution in [1.29, 1.82) is 0 Å². The Morgan fingerprint density at radius 1 is 1.00 bits per heavy atom. The van der Waals surface area contributed by atoms with Gasteiger partial charge in [0.2, 0.25) is 5.91 Å². The molecule has 1 aliphatic rings. The van der Waals surface area contributed by atoms with E-state index in [2.05, 4.69) is 26.6 Å². The number of carbonyl (C=O) groups is 2. The Bertz CT molecular complexity index is 1470. The van der Waals surface area contributed by atoms with Gasteiger partial charge in [0.25, 0.3) is 5.91 Å². The summed E-state index contributed by atoms with van der Waals surface area (Å²) in [5.74, 6) is -5.85. The molecule has 0 unspecified atom stereocenters. The average Bonchev–Trinajstić information content (AvgIpc) is 3.42. The number of hydrogen-bond donors (Lipinski definition) is 3. The first kappa shape index (κ1) is 28.4. The van der Waals surface area contributed by atoms with Gasteiger partial charge in [0.15, 0.2) is 5.82 Å². The molecular formula is C24H14BrCl3F5N3O2. The first-order valence-electron chi connectivity index (χ1n) is 10.5. The van der Waals surface area contributed by atoms with Crippen molar-refractivity contribution in [2.45, 2.75) is 16.4 Å². The van der Waals surface area contributed by atoms with Crippen LogP contribution >= 0.6 is 50.7 Å². The molecule has 4 rings (SSSR count). The molecule has 1 fully saturated rings. The standard InChI is InChI=1S/C24H14BrCl3F5N3O2/c25-13-3-1-9(7-12(13)24(31,32)33)17-18(23(17,27)28)22(38)35-10-2-4-14(26)11(8-10)21(37)36-16-6-5-15(29)20(34)19(16)30/h1-8,17-18H,34H2,(H,35,38)(H,36,37)/t17-,18+/m0/s1. The lowest BCUT2D eigenvalue weighted by molar-refractivity contribution is -0.138. The molecule has 200 valence electrons. The van der Waals surface area contributed by atoms with Gasteiger partial charge in [-0.25, -0.2) is 8.78 Å². The molecule has 38 heavy (non-hydrogen) atoms. The minimum atomic E-state index is -4.65. The van der Waals surface area contributed by atoms with Crippen molar-refractivity contribution in [3.63, 3.8) is 0 Å². The summed E-state index contributed by atoms with van der Waals surface area (Å²) in [4.78, 5) is 25.7. The number of alkyl halides is 5. The molecule has 0 aliphatic heterocycles. The molecule has 0 heterocycles. The summed E-state index contributed by atoms with van der Waals surface area (Å²) in [7, 11) is 0. The highest BCUT2D eigenvalue weighted by atomic mass is 79.9. The number of halogens is 9. The molecule has 5 nitrogen and oxygen atoms in total. The molecule has 2 atom stereocenters. The number of amides is 2. The number of carbonyl (C=O) groups excluding carboxylic acids is 2. The fourth-order valence-electron chi connectivity index (χ4n) is 3.87. The van der Waals surface area contributed by atoms with Gasteiger partial charge in [-0.3, -0.25) is 9.59 Å². The van der Waals surface area contributed by atoms with Crippen LogP contribution in [0.3, 0.4) is 0 Å². The van der Waals surface area contributed by atoms with Crippen molar-refractivity contribution in [3.8, 4) is 0 Å². The highest BCUT2D eigenvalue weighted by Gasteiger charge is 2.67. The second-order valence-corrected chi connectivity index (χ2v) is 11.0. The number of nitrogens with one attached hydrogen (secondary N) is 2. The van der Waals surface area contributed by atoms with Crippen molar-refractivity contribution < 1.29 is 31.5 Å². The van der Waals surface area contributed by atoms with Crippen LogP contribution < -0.4 is 16.4 Å². The Morgan fingerprint density at radius 2 is 1.68 bits per heavy atom. The molecule has 4 N–H and O–H groups in total. The normalized spacial score (nSPS) is 18.1. The zero-order valence-corrected chi connectivity index (χ0v) is 22.4. The fourth-order valence-corrected chi connectivity index (χ4v) is 5.38. The number of rotatable bonds is 5. The summed E-state index contributed by atoms with van der Waals surface area (Å²) >= 11 is 21.5. The smallest absolute Gasteiger partial charge is 0.394 e. The van der Waals surface area contributed by atoms with Crippen molar-refractivity contribution in [1.82, 2.24) is 0 Å². The van der Waals surface area contributed by atoms with Crippen LogP contribution in [0.15, 0.2) is 53.0 Å². The first-order chi connectivity index (χ1) is 17.6. The maximum Gasteiger partial charge on any atom is 0.417 e. The highest BCUT2D eigenvalue weighted by molar-refractivity contribution is 9.10. The highest BCUT2D eigenvalue weighted by Crippen LogP contribution is 2.65. The van der Waals surface area contributed by atoms with E-state index in [0.717, 1.165) is 18.2 Å². The van der Waals surface area contributed by atoms with Crippen molar-refractivity contribution >= 4 is 79.6 Å². The van der Waals surface area contributed by atoms with Gasteiger partial charge in [-0.15, -0.1) is 23.2 Å². The van der Waals surface area contributed by atoms with Crippen molar-refractivity contribution in [2.75, 3.05) is 16.4 Å². The zero-order chi connectivity index (χ0) is 28.2. The van der Waals surface area contributed by atoms with Gasteiger partial charge in [-0.05, 0) is 48.0 Å². The van der Waals surface area contributed by atoms with Crippen molar-refractivity contribution in [2.24, 2.45) is 5.92 Å². The Kier molecular flexibility index (Phi) is 7.61. The molecule has 2 amide bonds. The second kappa shape index (κ2) is 10.2. The number of nitrogens with two attached hydrogens (primary N) is 1. The molecule has 14 heteroatoms. The third kappa shape index (κ3) is 5.42.